The number of rotatable bonds is 7. The summed E-state index contributed by atoms with van der Waals surface area (Å²) in [4.78, 5) is 11.7. The second-order valence-corrected chi connectivity index (χ2v) is 4.55. The van der Waals surface area contributed by atoms with Gasteiger partial charge in [-0.15, -0.1) is 12.4 Å². The van der Waals surface area contributed by atoms with E-state index >= 15 is 0 Å². The van der Waals surface area contributed by atoms with Crippen LogP contribution in [0, 0.1) is 0 Å². The monoisotopic (exact) mass is 285 g/mol. The minimum atomic E-state index is -0.394. The van der Waals surface area contributed by atoms with E-state index < -0.39 is 6.04 Å². The predicted octanol–water partition coefficient (Wildman–Crippen LogP) is 2.15. The van der Waals surface area contributed by atoms with E-state index in [-0.39, 0.29) is 24.4 Å². The van der Waals surface area contributed by atoms with Crippen LogP contribution in [-0.4, -0.2) is 24.5 Å². The smallest absolute Gasteiger partial charge is 0.237 e. The van der Waals surface area contributed by atoms with Gasteiger partial charge >= 0.3 is 0 Å². The zero-order valence-electron chi connectivity index (χ0n) is 11.6. The molecule has 0 radical (unpaired) electrons. The average molecular weight is 286 g/mol. The quantitative estimate of drug-likeness (QED) is 0.719. The van der Waals surface area contributed by atoms with Crippen molar-refractivity contribution in [2.75, 3.05) is 11.9 Å². The first-order valence-electron chi connectivity index (χ1n) is 6.48. The fourth-order valence-electron chi connectivity index (χ4n) is 1.67. The number of amides is 1. The molecule has 0 fully saturated rings. The second-order valence-electron chi connectivity index (χ2n) is 4.55. The predicted molar refractivity (Wildman–Crippen MR) is 82.7 cm³/mol. The second kappa shape index (κ2) is 9.64. The van der Waals surface area contributed by atoms with Crippen LogP contribution in [0.1, 0.15) is 26.7 Å². The minimum Gasteiger partial charge on any atom is -0.383 e. The van der Waals surface area contributed by atoms with E-state index in [4.69, 9.17) is 5.73 Å². The van der Waals surface area contributed by atoms with Crippen molar-refractivity contribution in [2.24, 2.45) is 5.73 Å². The first-order valence-corrected chi connectivity index (χ1v) is 6.48. The molecule has 0 aliphatic rings. The fraction of sp³-hybridized carbons (Fsp3) is 0.500. The molecule has 0 saturated heterocycles. The van der Waals surface area contributed by atoms with Gasteiger partial charge < -0.3 is 16.4 Å². The molecule has 0 heterocycles. The van der Waals surface area contributed by atoms with E-state index in [1.807, 2.05) is 44.2 Å². The molecule has 0 aromatic heterocycles. The zero-order chi connectivity index (χ0) is 13.4. The van der Waals surface area contributed by atoms with Crippen molar-refractivity contribution in [2.45, 2.75) is 38.8 Å². The number of carbonyl (C=O) groups excluding carboxylic acids is 1. The minimum absolute atomic E-state index is 0. The number of para-hydroxylation sites is 1. The van der Waals surface area contributed by atoms with Crippen molar-refractivity contribution in [1.82, 2.24) is 5.32 Å². The molecule has 1 rings (SSSR count). The molecule has 0 aliphatic carbocycles. The standard InChI is InChI=1S/C14H23N3O.ClH/c1-3-7-13(15)14(18)17-11(2)10-16-12-8-5-4-6-9-12;/h4-6,8-9,11,13,16H,3,7,10,15H2,1-2H3,(H,17,18);1H. The van der Waals surface area contributed by atoms with Crippen LogP contribution >= 0.6 is 12.4 Å². The maximum atomic E-state index is 11.7. The molecule has 0 bridgehead atoms. The summed E-state index contributed by atoms with van der Waals surface area (Å²) in [5.41, 5.74) is 6.80. The number of nitrogens with one attached hydrogen (secondary N) is 2. The summed E-state index contributed by atoms with van der Waals surface area (Å²) in [7, 11) is 0. The van der Waals surface area contributed by atoms with Crippen LogP contribution in [0.5, 0.6) is 0 Å². The van der Waals surface area contributed by atoms with Crippen molar-refractivity contribution < 1.29 is 4.79 Å². The number of hydrogen-bond acceptors (Lipinski definition) is 3. The molecular weight excluding hydrogens is 262 g/mol. The van der Waals surface area contributed by atoms with Gasteiger partial charge in [-0.1, -0.05) is 31.5 Å². The number of halogens is 1. The van der Waals surface area contributed by atoms with Crippen molar-refractivity contribution in [3.63, 3.8) is 0 Å². The Bertz CT molecular complexity index is 359. The van der Waals surface area contributed by atoms with E-state index in [1.54, 1.807) is 0 Å². The van der Waals surface area contributed by atoms with Gasteiger partial charge in [0.25, 0.3) is 0 Å². The fourth-order valence-corrected chi connectivity index (χ4v) is 1.67. The number of carbonyl (C=O) groups is 1. The molecule has 108 valence electrons. The molecule has 2 unspecified atom stereocenters. The van der Waals surface area contributed by atoms with Gasteiger partial charge in [-0.25, -0.2) is 0 Å². The molecule has 19 heavy (non-hydrogen) atoms. The summed E-state index contributed by atoms with van der Waals surface area (Å²) in [5, 5.41) is 6.17. The Morgan fingerprint density at radius 3 is 2.53 bits per heavy atom. The van der Waals surface area contributed by atoms with Crippen LogP contribution in [0.25, 0.3) is 0 Å². The van der Waals surface area contributed by atoms with E-state index in [2.05, 4.69) is 10.6 Å². The summed E-state index contributed by atoms with van der Waals surface area (Å²) in [6.45, 7) is 4.68. The van der Waals surface area contributed by atoms with E-state index in [0.717, 1.165) is 18.5 Å². The lowest BCUT2D eigenvalue weighted by molar-refractivity contribution is -0.123. The lowest BCUT2D eigenvalue weighted by Gasteiger charge is -2.18. The van der Waals surface area contributed by atoms with Crippen LogP contribution in [-0.2, 0) is 4.79 Å². The third kappa shape index (κ3) is 7.03. The molecule has 2 atom stereocenters. The first kappa shape index (κ1) is 17.7. The Kier molecular flexibility index (Phi) is 9.00. The zero-order valence-corrected chi connectivity index (χ0v) is 12.4. The number of hydrogen-bond donors (Lipinski definition) is 3. The Labute approximate surface area is 121 Å². The van der Waals surface area contributed by atoms with Crippen LogP contribution < -0.4 is 16.4 Å². The van der Waals surface area contributed by atoms with Gasteiger partial charge in [0, 0.05) is 18.3 Å². The maximum Gasteiger partial charge on any atom is 0.237 e. The van der Waals surface area contributed by atoms with E-state index in [9.17, 15) is 4.79 Å². The summed E-state index contributed by atoms with van der Waals surface area (Å²) >= 11 is 0. The van der Waals surface area contributed by atoms with Crippen molar-refractivity contribution in [3.8, 4) is 0 Å². The maximum absolute atomic E-state index is 11.7. The number of nitrogens with two attached hydrogens (primary N) is 1. The largest absolute Gasteiger partial charge is 0.383 e. The van der Waals surface area contributed by atoms with Crippen molar-refractivity contribution >= 4 is 24.0 Å². The SMILES string of the molecule is CCCC(N)C(=O)NC(C)CNc1ccccc1.Cl. The van der Waals surface area contributed by atoms with Crippen LogP contribution in [0.4, 0.5) is 5.69 Å². The summed E-state index contributed by atoms with van der Waals surface area (Å²) in [6, 6.07) is 9.58. The van der Waals surface area contributed by atoms with Crippen LogP contribution in [0.3, 0.4) is 0 Å². The average Bonchev–Trinajstić information content (AvgIpc) is 2.38. The van der Waals surface area contributed by atoms with Gasteiger partial charge in [0.1, 0.15) is 0 Å². The highest BCUT2D eigenvalue weighted by atomic mass is 35.5. The number of anilines is 1. The van der Waals surface area contributed by atoms with Crippen molar-refractivity contribution in [1.29, 1.82) is 0 Å². The lowest BCUT2D eigenvalue weighted by atomic mass is 10.1. The van der Waals surface area contributed by atoms with Gasteiger partial charge in [0.05, 0.1) is 6.04 Å². The van der Waals surface area contributed by atoms with E-state index in [0.29, 0.717) is 6.54 Å². The van der Waals surface area contributed by atoms with Gasteiger partial charge in [0.15, 0.2) is 0 Å². The highest BCUT2D eigenvalue weighted by Gasteiger charge is 2.14. The molecule has 4 N–H and O–H groups in total. The van der Waals surface area contributed by atoms with E-state index in [1.165, 1.54) is 0 Å². The van der Waals surface area contributed by atoms with Crippen LogP contribution in [0.15, 0.2) is 30.3 Å². The molecule has 1 amide bonds. The van der Waals surface area contributed by atoms with Crippen LogP contribution in [0.2, 0.25) is 0 Å². The third-order valence-electron chi connectivity index (χ3n) is 2.71. The normalized spacial score (nSPS) is 13.0. The Morgan fingerprint density at radius 2 is 1.95 bits per heavy atom. The van der Waals surface area contributed by atoms with Gasteiger partial charge in [-0.2, -0.15) is 0 Å². The van der Waals surface area contributed by atoms with Gasteiger partial charge in [-0.05, 0) is 25.5 Å². The summed E-state index contributed by atoms with van der Waals surface area (Å²) in [5.74, 6) is -0.0702. The summed E-state index contributed by atoms with van der Waals surface area (Å²) < 4.78 is 0. The molecule has 4 nitrogen and oxygen atoms in total. The molecule has 0 spiro atoms. The lowest BCUT2D eigenvalue weighted by Crippen LogP contribution is -2.46. The number of benzene rings is 1. The Morgan fingerprint density at radius 1 is 1.32 bits per heavy atom. The highest BCUT2D eigenvalue weighted by Crippen LogP contribution is 2.04. The molecule has 0 saturated carbocycles. The topological polar surface area (TPSA) is 67.2 Å². The Balaban J connectivity index is 0.00000324. The third-order valence-corrected chi connectivity index (χ3v) is 2.71. The van der Waals surface area contributed by atoms with Crippen molar-refractivity contribution in [3.05, 3.63) is 30.3 Å². The summed E-state index contributed by atoms with van der Waals surface area (Å²) in [6.07, 6.45) is 1.65. The molecule has 0 aliphatic heterocycles. The van der Waals surface area contributed by atoms with Gasteiger partial charge in [-0.3, -0.25) is 4.79 Å². The molecule has 1 aromatic carbocycles. The molecular formula is C14H24ClN3O. The van der Waals surface area contributed by atoms with Gasteiger partial charge in [0.2, 0.25) is 5.91 Å². The first-order chi connectivity index (χ1) is 8.63. The Hall–Kier alpha value is -1.26. The molecule has 1 aromatic rings. The molecule has 5 heteroatoms. The highest BCUT2D eigenvalue weighted by molar-refractivity contribution is 5.85.